The van der Waals surface area contributed by atoms with Crippen molar-refractivity contribution in [2.24, 2.45) is 5.92 Å². The lowest BCUT2D eigenvalue weighted by atomic mass is 9.98. The standard InChI is InChI=1S/C13H16F3N/c1-9(2)10(3)4-5-11-6-7-12(17-8-11)13(14,15)16/h6-9H,3-5H2,1-2H3. The number of aryl methyl sites for hydroxylation is 1. The Labute approximate surface area is 99.4 Å². The molecule has 0 radical (unpaired) electrons. The zero-order valence-corrected chi connectivity index (χ0v) is 10.0. The van der Waals surface area contributed by atoms with E-state index in [0.29, 0.717) is 12.3 Å². The zero-order chi connectivity index (χ0) is 13.1. The van der Waals surface area contributed by atoms with Crippen molar-refractivity contribution in [3.63, 3.8) is 0 Å². The SMILES string of the molecule is C=C(CCc1ccc(C(F)(F)F)nc1)C(C)C. The molecule has 0 N–H and O–H groups in total. The van der Waals surface area contributed by atoms with Crippen LogP contribution in [0.15, 0.2) is 30.5 Å². The fourth-order valence-electron chi connectivity index (χ4n) is 1.33. The van der Waals surface area contributed by atoms with Crippen LogP contribution in [0.2, 0.25) is 0 Å². The van der Waals surface area contributed by atoms with E-state index in [1.54, 1.807) is 0 Å². The lowest BCUT2D eigenvalue weighted by molar-refractivity contribution is -0.141. The number of rotatable bonds is 4. The number of allylic oxidation sites excluding steroid dienone is 1. The fourth-order valence-corrected chi connectivity index (χ4v) is 1.33. The Morgan fingerprint density at radius 3 is 2.41 bits per heavy atom. The van der Waals surface area contributed by atoms with Gasteiger partial charge in [-0.15, -0.1) is 0 Å². The molecule has 1 aromatic rings. The molecule has 0 saturated carbocycles. The summed E-state index contributed by atoms with van der Waals surface area (Å²) in [7, 11) is 0. The summed E-state index contributed by atoms with van der Waals surface area (Å²) in [6.45, 7) is 8.02. The number of halogens is 3. The van der Waals surface area contributed by atoms with Crippen molar-refractivity contribution in [3.05, 3.63) is 41.7 Å². The molecule has 1 nitrogen and oxygen atoms in total. The normalized spacial score (nSPS) is 11.9. The van der Waals surface area contributed by atoms with E-state index < -0.39 is 11.9 Å². The van der Waals surface area contributed by atoms with Crippen LogP contribution in [-0.4, -0.2) is 4.98 Å². The molecule has 0 amide bonds. The Kier molecular flexibility index (Phi) is 4.32. The second-order valence-electron chi connectivity index (χ2n) is 4.36. The van der Waals surface area contributed by atoms with Crippen LogP contribution in [0.5, 0.6) is 0 Å². The van der Waals surface area contributed by atoms with Gasteiger partial charge in [-0.3, -0.25) is 4.98 Å². The molecule has 1 rings (SSSR count). The first-order valence-corrected chi connectivity index (χ1v) is 5.50. The first kappa shape index (κ1) is 13.7. The maximum Gasteiger partial charge on any atom is 0.433 e. The van der Waals surface area contributed by atoms with Gasteiger partial charge in [-0.1, -0.05) is 32.1 Å². The number of nitrogens with zero attached hydrogens (tertiary/aromatic N) is 1. The predicted molar refractivity (Wildman–Crippen MR) is 61.5 cm³/mol. The minimum atomic E-state index is -4.36. The Morgan fingerprint density at radius 1 is 1.35 bits per heavy atom. The molecule has 0 spiro atoms. The molecule has 4 heteroatoms. The summed E-state index contributed by atoms with van der Waals surface area (Å²) in [6, 6.07) is 2.50. The van der Waals surface area contributed by atoms with Gasteiger partial charge in [-0.25, -0.2) is 0 Å². The molecule has 0 aliphatic heterocycles. The summed E-state index contributed by atoms with van der Waals surface area (Å²) < 4.78 is 36.8. The molecule has 0 aliphatic carbocycles. The third-order valence-electron chi connectivity index (χ3n) is 2.67. The van der Waals surface area contributed by atoms with Crippen LogP contribution in [0, 0.1) is 5.92 Å². The molecule has 0 atom stereocenters. The Morgan fingerprint density at radius 2 is 2.00 bits per heavy atom. The van der Waals surface area contributed by atoms with Crippen molar-refractivity contribution in [2.45, 2.75) is 32.9 Å². The van der Waals surface area contributed by atoms with Gasteiger partial charge in [0.05, 0.1) is 0 Å². The Balaban J connectivity index is 2.61. The summed E-state index contributed by atoms with van der Waals surface area (Å²) in [5.41, 5.74) is 1.06. The number of pyridine rings is 1. The molecule has 0 bridgehead atoms. The van der Waals surface area contributed by atoms with E-state index in [0.717, 1.165) is 23.6 Å². The van der Waals surface area contributed by atoms with Crippen LogP contribution in [0.1, 0.15) is 31.5 Å². The Bertz CT molecular complexity index is 377. The summed E-state index contributed by atoms with van der Waals surface area (Å²) in [4.78, 5) is 3.42. The first-order chi connectivity index (χ1) is 7.80. The average molecular weight is 243 g/mol. The number of alkyl halides is 3. The maximum absolute atomic E-state index is 12.3. The third-order valence-corrected chi connectivity index (χ3v) is 2.67. The van der Waals surface area contributed by atoms with Crippen LogP contribution >= 0.6 is 0 Å². The fraction of sp³-hybridized carbons (Fsp3) is 0.462. The van der Waals surface area contributed by atoms with E-state index >= 15 is 0 Å². The molecule has 0 unspecified atom stereocenters. The van der Waals surface area contributed by atoms with Crippen molar-refractivity contribution in [1.29, 1.82) is 0 Å². The van der Waals surface area contributed by atoms with Crippen LogP contribution in [-0.2, 0) is 12.6 Å². The maximum atomic E-state index is 12.3. The van der Waals surface area contributed by atoms with E-state index in [2.05, 4.69) is 11.6 Å². The highest BCUT2D eigenvalue weighted by molar-refractivity contribution is 5.17. The van der Waals surface area contributed by atoms with E-state index in [9.17, 15) is 13.2 Å². The highest BCUT2D eigenvalue weighted by atomic mass is 19.4. The molecule has 1 heterocycles. The van der Waals surface area contributed by atoms with Gasteiger partial charge in [0.15, 0.2) is 0 Å². The zero-order valence-electron chi connectivity index (χ0n) is 10.0. The number of hydrogen-bond donors (Lipinski definition) is 0. The second kappa shape index (κ2) is 5.34. The lowest BCUT2D eigenvalue weighted by Crippen LogP contribution is -2.07. The van der Waals surface area contributed by atoms with E-state index in [1.807, 2.05) is 13.8 Å². The number of hydrogen-bond acceptors (Lipinski definition) is 1. The molecular weight excluding hydrogens is 227 g/mol. The quantitative estimate of drug-likeness (QED) is 0.720. The molecule has 1 aromatic heterocycles. The summed E-state index contributed by atoms with van der Waals surface area (Å²) >= 11 is 0. The topological polar surface area (TPSA) is 12.9 Å². The van der Waals surface area contributed by atoms with Crippen molar-refractivity contribution in [2.75, 3.05) is 0 Å². The highest BCUT2D eigenvalue weighted by Crippen LogP contribution is 2.27. The van der Waals surface area contributed by atoms with Crippen LogP contribution in [0.25, 0.3) is 0 Å². The first-order valence-electron chi connectivity index (χ1n) is 5.50. The second-order valence-corrected chi connectivity index (χ2v) is 4.36. The minimum absolute atomic E-state index is 0.400. The molecule has 17 heavy (non-hydrogen) atoms. The predicted octanol–water partition coefficient (Wildman–Crippen LogP) is 4.25. The van der Waals surface area contributed by atoms with Crippen LogP contribution < -0.4 is 0 Å². The van der Waals surface area contributed by atoms with Crippen LogP contribution in [0.4, 0.5) is 13.2 Å². The Hall–Kier alpha value is -1.32. The van der Waals surface area contributed by atoms with Crippen molar-refractivity contribution in [1.82, 2.24) is 4.98 Å². The average Bonchev–Trinajstić information content (AvgIpc) is 2.25. The van der Waals surface area contributed by atoms with Gasteiger partial charge >= 0.3 is 6.18 Å². The van der Waals surface area contributed by atoms with E-state index in [-0.39, 0.29) is 0 Å². The van der Waals surface area contributed by atoms with Crippen molar-refractivity contribution in [3.8, 4) is 0 Å². The summed E-state index contributed by atoms with van der Waals surface area (Å²) in [5.74, 6) is 0.400. The molecule has 0 saturated heterocycles. The van der Waals surface area contributed by atoms with Gasteiger partial charge in [0.25, 0.3) is 0 Å². The number of aromatic nitrogens is 1. The lowest BCUT2D eigenvalue weighted by Gasteiger charge is -2.10. The molecule has 0 aliphatic rings. The molecular formula is C13H16F3N. The monoisotopic (exact) mass is 243 g/mol. The van der Waals surface area contributed by atoms with Gasteiger partial charge < -0.3 is 0 Å². The molecule has 0 fully saturated rings. The van der Waals surface area contributed by atoms with Gasteiger partial charge in [-0.05, 0) is 30.4 Å². The van der Waals surface area contributed by atoms with E-state index in [4.69, 9.17) is 0 Å². The van der Waals surface area contributed by atoms with Gasteiger partial charge in [0.1, 0.15) is 5.69 Å². The van der Waals surface area contributed by atoms with Gasteiger partial charge in [-0.2, -0.15) is 13.2 Å². The summed E-state index contributed by atoms with van der Waals surface area (Å²) in [5, 5.41) is 0. The largest absolute Gasteiger partial charge is 0.433 e. The highest BCUT2D eigenvalue weighted by Gasteiger charge is 2.31. The third kappa shape index (κ3) is 4.21. The molecule has 94 valence electrons. The van der Waals surface area contributed by atoms with Gasteiger partial charge in [0, 0.05) is 6.20 Å². The van der Waals surface area contributed by atoms with Gasteiger partial charge in [0.2, 0.25) is 0 Å². The smallest absolute Gasteiger partial charge is 0.252 e. The summed E-state index contributed by atoms with van der Waals surface area (Å²) in [6.07, 6.45) is -1.61. The minimum Gasteiger partial charge on any atom is -0.252 e. The van der Waals surface area contributed by atoms with Crippen LogP contribution in [0.3, 0.4) is 0 Å². The van der Waals surface area contributed by atoms with E-state index in [1.165, 1.54) is 12.3 Å². The molecule has 0 aromatic carbocycles. The van der Waals surface area contributed by atoms with Crippen molar-refractivity contribution >= 4 is 0 Å². The van der Waals surface area contributed by atoms with Crippen molar-refractivity contribution < 1.29 is 13.2 Å².